The van der Waals surface area contributed by atoms with Crippen molar-refractivity contribution in [3.63, 3.8) is 0 Å². The van der Waals surface area contributed by atoms with E-state index in [-0.39, 0.29) is 11.3 Å². The molecule has 5 nitrogen and oxygen atoms in total. The Morgan fingerprint density at radius 1 is 1.25 bits per heavy atom. The predicted octanol–water partition coefficient (Wildman–Crippen LogP) is 3.45. The fourth-order valence-corrected chi connectivity index (χ4v) is 1.86. The van der Waals surface area contributed by atoms with Gasteiger partial charge in [0.15, 0.2) is 0 Å². The highest BCUT2D eigenvalue weighted by Gasteiger charge is 2.10. The molecule has 0 bridgehead atoms. The van der Waals surface area contributed by atoms with Gasteiger partial charge in [-0.1, -0.05) is 11.6 Å². The Morgan fingerprint density at radius 3 is 2.55 bits per heavy atom. The van der Waals surface area contributed by atoms with Crippen molar-refractivity contribution in [3.8, 4) is 0 Å². The van der Waals surface area contributed by atoms with Crippen molar-refractivity contribution >= 4 is 45.1 Å². The SMILES string of the molecule is O=C(Nc1ccc(Br)c(Cl)c1)c1ccc(C(=O)O)nc1. The van der Waals surface area contributed by atoms with E-state index >= 15 is 0 Å². The molecule has 0 saturated carbocycles. The summed E-state index contributed by atoms with van der Waals surface area (Å²) in [5.41, 5.74) is 0.674. The van der Waals surface area contributed by atoms with E-state index in [1.54, 1.807) is 18.2 Å². The highest BCUT2D eigenvalue weighted by Crippen LogP contribution is 2.25. The molecule has 0 aliphatic carbocycles. The van der Waals surface area contributed by atoms with Crippen LogP contribution in [0, 0.1) is 0 Å². The Bertz CT molecular complexity index is 674. The van der Waals surface area contributed by atoms with Gasteiger partial charge in [-0.2, -0.15) is 0 Å². The molecule has 0 aliphatic heterocycles. The molecule has 0 saturated heterocycles. The number of aromatic carboxylic acids is 1. The second-order valence-electron chi connectivity index (χ2n) is 3.82. The monoisotopic (exact) mass is 354 g/mol. The molecule has 0 atom stereocenters. The zero-order valence-corrected chi connectivity index (χ0v) is 12.3. The fraction of sp³-hybridized carbons (Fsp3) is 0. The zero-order chi connectivity index (χ0) is 14.7. The molecule has 7 heteroatoms. The number of carboxylic acids is 1. The van der Waals surface area contributed by atoms with Gasteiger partial charge in [-0.15, -0.1) is 0 Å². The third-order valence-corrected chi connectivity index (χ3v) is 3.65. The van der Waals surface area contributed by atoms with E-state index in [4.69, 9.17) is 16.7 Å². The van der Waals surface area contributed by atoms with Crippen LogP contribution in [-0.4, -0.2) is 22.0 Å². The molecular weight excluding hydrogens is 348 g/mol. The van der Waals surface area contributed by atoms with Crippen LogP contribution in [0.2, 0.25) is 5.02 Å². The van der Waals surface area contributed by atoms with Gasteiger partial charge in [-0.25, -0.2) is 9.78 Å². The van der Waals surface area contributed by atoms with Gasteiger partial charge in [0, 0.05) is 16.4 Å². The number of carboxylic acid groups (broad SMARTS) is 1. The van der Waals surface area contributed by atoms with Crippen molar-refractivity contribution in [2.75, 3.05) is 5.32 Å². The minimum absolute atomic E-state index is 0.117. The van der Waals surface area contributed by atoms with Gasteiger partial charge in [0.1, 0.15) is 5.69 Å². The number of benzene rings is 1. The van der Waals surface area contributed by atoms with Crippen molar-refractivity contribution in [2.24, 2.45) is 0 Å². The average Bonchev–Trinajstić information content (AvgIpc) is 2.43. The maximum Gasteiger partial charge on any atom is 0.354 e. The molecule has 2 rings (SSSR count). The van der Waals surface area contributed by atoms with E-state index in [9.17, 15) is 9.59 Å². The number of amides is 1. The minimum Gasteiger partial charge on any atom is -0.477 e. The predicted molar refractivity (Wildman–Crippen MR) is 78.3 cm³/mol. The molecule has 20 heavy (non-hydrogen) atoms. The molecule has 2 N–H and O–H groups in total. The third-order valence-electron chi connectivity index (χ3n) is 2.42. The lowest BCUT2D eigenvalue weighted by Gasteiger charge is -2.06. The molecular formula is C13H8BrClN2O3. The van der Waals surface area contributed by atoms with Gasteiger partial charge in [0.25, 0.3) is 5.91 Å². The van der Waals surface area contributed by atoms with E-state index in [1.807, 2.05) is 0 Å². The normalized spacial score (nSPS) is 10.1. The molecule has 0 radical (unpaired) electrons. The van der Waals surface area contributed by atoms with E-state index in [0.717, 1.165) is 4.47 Å². The molecule has 102 valence electrons. The second kappa shape index (κ2) is 6.02. The molecule has 1 heterocycles. The lowest BCUT2D eigenvalue weighted by molar-refractivity contribution is 0.0690. The Kier molecular flexibility index (Phi) is 4.36. The third kappa shape index (κ3) is 3.34. The molecule has 1 amide bonds. The first kappa shape index (κ1) is 14.5. The van der Waals surface area contributed by atoms with Crippen LogP contribution >= 0.6 is 27.5 Å². The van der Waals surface area contributed by atoms with Crippen molar-refractivity contribution in [2.45, 2.75) is 0 Å². The number of carbonyl (C=O) groups is 2. The number of pyridine rings is 1. The number of nitrogens with zero attached hydrogens (tertiary/aromatic N) is 1. The summed E-state index contributed by atoms with van der Waals surface area (Å²) in [6, 6.07) is 7.66. The smallest absolute Gasteiger partial charge is 0.354 e. The largest absolute Gasteiger partial charge is 0.477 e. The molecule has 0 aliphatic rings. The average molecular weight is 356 g/mol. The van der Waals surface area contributed by atoms with E-state index in [1.165, 1.54) is 18.3 Å². The van der Waals surface area contributed by atoms with E-state index in [0.29, 0.717) is 10.7 Å². The number of hydrogen-bond donors (Lipinski definition) is 2. The number of hydrogen-bond acceptors (Lipinski definition) is 3. The zero-order valence-electron chi connectivity index (χ0n) is 9.93. The quantitative estimate of drug-likeness (QED) is 0.884. The van der Waals surface area contributed by atoms with Crippen molar-refractivity contribution in [1.82, 2.24) is 4.98 Å². The van der Waals surface area contributed by atoms with Crippen LogP contribution in [0.4, 0.5) is 5.69 Å². The first-order chi connectivity index (χ1) is 9.47. The fourth-order valence-electron chi connectivity index (χ4n) is 1.43. The van der Waals surface area contributed by atoms with Crippen LogP contribution < -0.4 is 5.32 Å². The molecule has 1 aromatic heterocycles. The summed E-state index contributed by atoms with van der Waals surface area (Å²) in [4.78, 5) is 26.3. The summed E-state index contributed by atoms with van der Waals surface area (Å²) < 4.78 is 0.727. The van der Waals surface area contributed by atoms with Crippen molar-refractivity contribution in [3.05, 3.63) is 57.3 Å². The van der Waals surface area contributed by atoms with Gasteiger partial charge < -0.3 is 10.4 Å². The van der Waals surface area contributed by atoms with Crippen LogP contribution in [0.5, 0.6) is 0 Å². The van der Waals surface area contributed by atoms with Gasteiger partial charge in [-0.05, 0) is 46.3 Å². The number of aromatic nitrogens is 1. The lowest BCUT2D eigenvalue weighted by atomic mass is 10.2. The van der Waals surface area contributed by atoms with Crippen LogP contribution in [0.25, 0.3) is 0 Å². The second-order valence-corrected chi connectivity index (χ2v) is 5.08. The highest BCUT2D eigenvalue weighted by molar-refractivity contribution is 9.10. The number of nitrogens with one attached hydrogen (secondary N) is 1. The molecule has 0 unspecified atom stereocenters. The Morgan fingerprint density at radius 2 is 2.00 bits per heavy atom. The summed E-state index contributed by atoms with van der Waals surface area (Å²) in [5.74, 6) is -1.54. The first-order valence-corrected chi connectivity index (χ1v) is 6.60. The summed E-state index contributed by atoms with van der Waals surface area (Å²) in [6.07, 6.45) is 1.21. The van der Waals surface area contributed by atoms with Gasteiger partial charge >= 0.3 is 5.97 Å². The number of rotatable bonds is 3. The topological polar surface area (TPSA) is 79.3 Å². The summed E-state index contributed by atoms with van der Waals surface area (Å²) in [7, 11) is 0. The van der Waals surface area contributed by atoms with Crippen LogP contribution in [0.1, 0.15) is 20.8 Å². The van der Waals surface area contributed by atoms with Crippen LogP contribution in [-0.2, 0) is 0 Å². The minimum atomic E-state index is -1.14. The van der Waals surface area contributed by atoms with Crippen molar-refractivity contribution in [1.29, 1.82) is 0 Å². The first-order valence-electron chi connectivity index (χ1n) is 5.43. The van der Waals surface area contributed by atoms with E-state index < -0.39 is 11.9 Å². The number of carbonyl (C=O) groups excluding carboxylic acids is 1. The standard InChI is InChI=1S/C13H8BrClN2O3/c14-9-3-2-8(5-10(9)15)17-12(18)7-1-4-11(13(19)20)16-6-7/h1-6H,(H,17,18)(H,19,20). The van der Waals surface area contributed by atoms with Crippen LogP contribution in [0.3, 0.4) is 0 Å². The molecule has 0 fully saturated rings. The summed E-state index contributed by atoms with van der Waals surface area (Å²) in [6.45, 7) is 0. The van der Waals surface area contributed by atoms with Gasteiger partial charge in [-0.3, -0.25) is 4.79 Å². The van der Waals surface area contributed by atoms with Gasteiger partial charge in [0.2, 0.25) is 0 Å². The van der Waals surface area contributed by atoms with Crippen molar-refractivity contribution < 1.29 is 14.7 Å². The number of halogens is 2. The molecule has 1 aromatic carbocycles. The summed E-state index contributed by atoms with van der Waals surface area (Å²) >= 11 is 9.17. The maximum atomic E-state index is 11.9. The summed E-state index contributed by atoms with van der Waals surface area (Å²) in [5, 5.41) is 11.8. The Labute approximate surface area is 127 Å². The highest BCUT2D eigenvalue weighted by atomic mass is 79.9. The lowest BCUT2D eigenvalue weighted by Crippen LogP contribution is -2.13. The Balaban J connectivity index is 2.15. The number of anilines is 1. The maximum absolute atomic E-state index is 11.9. The van der Waals surface area contributed by atoms with E-state index in [2.05, 4.69) is 26.2 Å². The molecule has 0 spiro atoms. The molecule has 2 aromatic rings. The van der Waals surface area contributed by atoms with Gasteiger partial charge in [0.05, 0.1) is 10.6 Å². The Hall–Kier alpha value is -1.92. The van der Waals surface area contributed by atoms with Crippen LogP contribution in [0.15, 0.2) is 41.0 Å².